The number of pyridine rings is 1. The van der Waals surface area contributed by atoms with E-state index in [1.165, 1.54) is 11.3 Å². The molecule has 0 spiro atoms. The van der Waals surface area contributed by atoms with Crippen molar-refractivity contribution in [1.82, 2.24) is 10.3 Å². The molecule has 0 saturated carbocycles. The van der Waals surface area contributed by atoms with Gasteiger partial charge in [0.25, 0.3) is 0 Å². The summed E-state index contributed by atoms with van der Waals surface area (Å²) in [6.45, 7) is 10.8. The van der Waals surface area contributed by atoms with Gasteiger partial charge < -0.3 is 10.2 Å². The van der Waals surface area contributed by atoms with Crippen LogP contribution >= 0.6 is 0 Å². The Bertz CT molecular complexity index is 360. The Morgan fingerprint density at radius 1 is 1.53 bits per heavy atom. The lowest BCUT2D eigenvalue weighted by atomic mass is 10.1. The average Bonchev–Trinajstić information content (AvgIpc) is 2.31. The molecule has 3 nitrogen and oxygen atoms in total. The van der Waals surface area contributed by atoms with Crippen molar-refractivity contribution in [1.29, 1.82) is 0 Å². The molecule has 94 valence electrons. The Labute approximate surface area is 105 Å². The SMILES string of the molecule is C=CCN(CCC)c1cc(C)ncc1CNC. The minimum atomic E-state index is 0.847. The van der Waals surface area contributed by atoms with Crippen LogP contribution in [0.5, 0.6) is 0 Å². The number of hydrogen-bond donors (Lipinski definition) is 1. The summed E-state index contributed by atoms with van der Waals surface area (Å²) in [5, 5.41) is 3.19. The third-order valence-electron chi connectivity index (χ3n) is 2.65. The fourth-order valence-electron chi connectivity index (χ4n) is 1.93. The maximum Gasteiger partial charge on any atom is 0.0448 e. The number of anilines is 1. The molecule has 0 saturated heterocycles. The monoisotopic (exact) mass is 233 g/mol. The highest BCUT2D eigenvalue weighted by Gasteiger charge is 2.09. The Morgan fingerprint density at radius 2 is 2.29 bits per heavy atom. The van der Waals surface area contributed by atoms with Crippen LogP contribution in [0.2, 0.25) is 0 Å². The number of aryl methyl sites for hydroxylation is 1. The number of aromatic nitrogens is 1. The molecule has 0 radical (unpaired) electrons. The standard InChI is InChI=1S/C14H23N3/c1-5-7-17(8-6-2)14-9-12(3)16-11-13(14)10-15-4/h5,9,11,15H,1,6-8,10H2,2-4H3. The largest absolute Gasteiger partial charge is 0.367 e. The first kappa shape index (κ1) is 13.7. The molecule has 0 aliphatic heterocycles. The van der Waals surface area contributed by atoms with Gasteiger partial charge in [0.15, 0.2) is 0 Å². The molecule has 3 heteroatoms. The molecule has 1 aromatic heterocycles. The highest BCUT2D eigenvalue weighted by Crippen LogP contribution is 2.21. The van der Waals surface area contributed by atoms with Crippen molar-refractivity contribution < 1.29 is 0 Å². The van der Waals surface area contributed by atoms with Gasteiger partial charge in [0.05, 0.1) is 0 Å². The van der Waals surface area contributed by atoms with Crippen molar-refractivity contribution in [2.45, 2.75) is 26.8 Å². The highest BCUT2D eigenvalue weighted by atomic mass is 15.1. The second-order valence-electron chi connectivity index (χ2n) is 4.22. The lowest BCUT2D eigenvalue weighted by Crippen LogP contribution is -2.26. The first-order valence-corrected chi connectivity index (χ1v) is 6.18. The van der Waals surface area contributed by atoms with Crippen LogP contribution in [0.4, 0.5) is 5.69 Å². The third-order valence-corrected chi connectivity index (χ3v) is 2.65. The van der Waals surface area contributed by atoms with E-state index in [1.54, 1.807) is 0 Å². The van der Waals surface area contributed by atoms with Gasteiger partial charge in [-0.1, -0.05) is 13.0 Å². The highest BCUT2D eigenvalue weighted by molar-refractivity contribution is 5.54. The molecular formula is C14H23N3. The summed E-state index contributed by atoms with van der Waals surface area (Å²) < 4.78 is 0. The molecule has 1 rings (SSSR count). The number of rotatable bonds is 7. The van der Waals surface area contributed by atoms with Gasteiger partial charge in [0.2, 0.25) is 0 Å². The van der Waals surface area contributed by atoms with E-state index in [1.807, 2.05) is 26.2 Å². The molecule has 0 aromatic carbocycles. The number of hydrogen-bond acceptors (Lipinski definition) is 3. The minimum absolute atomic E-state index is 0.847. The molecule has 0 bridgehead atoms. The number of nitrogens with one attached hydrogen (secondary N) is 1. The maximum atomic E-state index is 4.37. The van der Waals surface area contributed by atoms with E-state index in [-0.39, 0.29) is 0 Å². The van der Waals surface area contributed by atoms with Crippen molar-refractivity contribution in [2.24, 2.45) is 0 Å². The van der Waals surface area contributed by atoms with Crippen LogP contribution in [0.3, 0.4) is 0 Å². The Morgan fingerprint density at radius 3 is 2.88 bits per heavy atom. The normalized spacial score (nSPS) is 10.3. The summed E-state index contributed by atoms with van der Waals surface area (Å²) in [5.74, 6) is 0. The van der Waals surface area contributed by atoms with Crippen LogP contribution in [0.15, 0.2) is 24.9 Å². The van der Waals surface area contributed by atoms with Crippen molar-refractivity contribution in [3.05, 3.63) is 36.2 Å². The molecule has 0 amide bonds. The molecule has 1 aromatic rings. The Balaban J connectivity index is 3.04. The van der Waals surface area contributed by atoms with Gasteiger partial charge in [-0.3, -0.25) is 4.98 Å². The van der Waals surface area contributed by atoms with Crippen LogP contribution < -0.4 is 10.2 Å². The fourth-order valence-corrected chi connectivity index (χ4v) is 1.93. The van der Waals surface area contributed by atoms with Gasteiger partial charge in [0.1, 0.15) is 0 Å². The Hall–Kier alpha value is -1.35. The summed E-state index contributed by atoms with van der Waals surface area (Å²) in [7, 11) is 1.96. The summed E-state index contributed by atoms with van der Waals surface area (Å²) in [6, 6.07) is 2.16. The van der Waals surface area contributed by atoms with E-state index in [0.717, 1.165) is 31.7 Å². The van der Waals surface area contributed by atoms with Crippen molar-refractivity contribution >= 4 is 5.69 Å². The van der Waals surface area contributed by atoms with Crippen molar-refractivity contribution in [3.63, 3.8) is 0 Å². The second-order valence-corrected chi connectivity index (χ2v) is 4.22. The lowest BCUT2D eigenvalue weighted by Gasteiger charge is -2.25. The summed E-state index contributed by atoms with van der Waals surface area (Å²) in [6.07, 6.45) is 5.05. The molecule has 0 fully saturated rings. The number of nitrogens with zero attached hydrogens (tertiary/aromatic N) is 2. The summed E-state index contributed by atoms with van der Waals surface area (Å²) >= 11 is 0. The zero-order valence-corrected chi connectivity index (χ0v) is 11.2. The van der Waals surface area contributed by atoms with Gasteiger partial charge in [-0.2, -0.15) is 0 Å². The van der Waals surface area contributed by atoms with Crippen LogP contribution in [-0.4, -0.2) is 25.1 Å². The molecule has 17 heavy (non-hydrogen) atoms. The predicted molar refractivity (Wildman–Crippen MR) is 74.4 cm³/mol. The molecule has 0 aliphatic rings. The van der Waals surface area contributed by atoms with Gasteiger partial charge in [-0.25, -0.2) is 0 Å². The zero-order valence-electron chi connectivity index (χ0n) is 11.2. The molecule has 0 aliphatic carbocycles. The second kappa shape index (κ2) is 7.07. The molecule has 1 N–H and O–H groups in total. The van der Waals surface area contributed by atoms with Crippen LogP contribution in [0, 0.1) is 6.92 Å². The van der Waals surface area contributed by atoms with E-state index in [0.29, 0.717) is 0 Å². The lowest BCUT2D eigenvalue weighted by molar-refractivity contribution is 0.776. The zero-order chi connectivity index (χ0) is 12.7. The predicted octanol–water partition coefficient (Wildman–Crippen LogP) is 2.51. The smallest absolute Gasteiger partial charge is 0.0448 e. The summed E-state index contributed by atoms with van der Waals surface area (Å²) in [5.41, 5.74) is 3.58. The van der Waals surface area contributed by atoms with E-state index >= 15 is 0 Å². The topological polar surface area (TPSA) is 28.2 Å². The maximum absolute atomic E-state index is 4.37. The van der Waals surface area contributed by atoms with E-state index < -0.39 is 0 Å². The van der Waals surface area contributed by atoms with E-state index in [4.69, 9.17) is 0 Å². The van der Waals surface area contributed by atoms with Crippen molar-refractivity contribution in [3.8, 4) is 0 Å². The van der Waals surface area contributed by atoms with Crippen LogP contribution in [-0.2, 0) is 6.54 Å². The molecule has 0 atom stereocenters. The molecule has 1 heterocycles. The fraction of sp³-hybridized carbons (Fsp3) is 0.500. The van der Waals surface area contributed by atoms with Crippen LogP contribution in [0.25, 0.3) is 0 Å². The van der Waals surface area contributed by atoms with Crippen molar-refractivity contribution in [2.75, 3.05) is 25.0 Å². The van der Waals surface area contributed by atoms with Gasteiger partial charge >= 0.3 is 0 Å². The third kappa shape index (κ3) is 3.86. The van der Waals surface area contributed by atoms with Gasteiger partial charge in [-0.05, 0) is 26.5 Å². The molecule has 0 unspecified atom stereocenters. The van der Waals surface area contributed by atoms with E-state index in [9.17, 15) is 0 Å². The summed E-state index contributed by atoms with van der Waals surface area (Å²) in [4.78, 5) is 6.72. The Kier molecular flexibility index (Phi) is 5.70. The van der Waals surface area contributed by atoms with E-state index in [2.05, 4.69) is 34.8 Å². The van der Waals surface area contributed by atoms with Crippen LogP contribution in [0.1, 0.15) is 24.6 Å². The minimum Gasteiger partial charge on any atom is -0.367 e. The first-order valence-electron chi connectivity index (χ1n) is 6.18. The van der Waals surface area contributed by atoms with Gasteiger partial charge in [-0.15, -0.1) is 6.58 Å². The molecular weight excluding hydrogens is 210 g/mol. The first-order chi connectivity index (χ1) is 8.22. The average molecular weight is 233 g/mol. The van der Waals surface area contributed by atoms with Gasteiger partial charge in [0, 0.05) is 42.8 Å². The quantitative estimate of drug-likeness (QED) is 0.733.